The van der Waals surface area contributed by atoms with E-state index in [2.05, 4.69) is 42.5 Å². The normalized spacial score (nSPS) is 19.2. The molecule has 1 heterocycles. The minimum Gasteiger partial charge on any atom is -0.503 e. The minimum absolute atomic E-state index is 0. The van der Waals surface area contributed by atoms with E-state index in [0.717, 1.165) is 29.7 Å². The number of halogens is 3. The number of aromatic hydroxyl groups is 1. The number of hydrogen-bond acceptors (Lipinski definition) is 4. The van der Waals surface area contributed by atoms with Gasteiger partial charge < -0.3 is 20.5 Å². The van der Waals surface area contributed by atoms with Gasteiger partial charge in [0.1, 0.15) is 0 Å². The highest BCUT2D eigenvalue weighted by Crippen LogP contribution is 2.43. The van der Waals surface area contributed by atoms with Crippen LogP contribution in [0.2, 0.25) is 0 Å². The van der Waals surface area contributed by atoms with Crippen LogP contribution in [-0.4, -0.2) is 31.9 Å². The van der Waals surface area contributed by atoms with Gasteiger partial charge in [0.2, 0.25) is 0 Å². The van der Waals surface area contributed by atoms with Gasteiger partial charge in [-0.2, -0.15) is 0 Å². The van der Waals surface area contributed by atoms with Crippen molar-refractivity contribution in [2.75, 3.05) is 26.7 Å². The van der Waals surface area contributed by atoms with Crippen LogP contribution in [0.3, 0.4) is 0 Å². The van der Waals surface area contributed by atoms with Crippen LogP contribution in [0.25, 0.3) is 0 Å². The molecule has 102 valence electrons. The summed E-state index contributed by atoms with van der Waals surface area (Å²) in [5, 5.41) is 16.6. The third kappa shape index (κ3) is 3.11. The van der Waals surface area contributed by atoms with Crippen LogP contribution in [0.15, 0.2) is 15.0 Å². The van der Waals surface area contributed by atoms with Crippen molar-refractivity contribution in [3.8, 4) is 11.5 Å². The van der Waals surface area contributed by atoms with Crippen molar-refractivity contribution in [3.05, 3.63) is 20.6 Å². The number of benzene rings is 1. The predicted molar refractivity (Wildman–Crippen MR) is 80.9 cm³/mol. The van der Waals surface area contributed by atoms with Crippen molar-refractivity contribution in [1.82, 2.24) is 10.6 Å². The summed E-state index contributed by atoms with van der Waals surface area (Å²) in [7, 11) is 1.55. The van der Waals surface area contributed by atoms with E-state index in [9.17, 15) is 5.11 Å². The minimum atomic E-state index is 0. The molecule has 1 aliphatic rings. The van der Waals surface area contributed by atoms with Gasteiger partial charge in [-0.1, -0.05) is 0 Å². The first-order valence-electron chi connectivity index (χ1n) is 5.34. The molecule has 0 aromatic heterocycles. The van der Waals surface area contributed by atoms with E-state index in [-0.39, 0.29) is 24.2 Å². The summed E-state index contributed by atoms with van der Waals surface area (Å²) >= 11 is 6.86. The third-order valence-electron chi connectivity index (χ3n) is 2.81. The Morgan fingerprint density at radius 1 is 1.33 bits per heavy atom. The van der Waals surface area contributed by atoms with Crippen LogP contribution >= 0.6 is 44.3 Å². The van der Waals surface area contributed by atoms with Crippen molar-refractivity contribution in [2.45, 2.75) is 6.04 Å². The molecule has 1 saturated heterocycles. The van der Waals surface area contributed by atoms with Crippen LogP contribution < -0.4 is 15.4 Å². The molecule has 0 spiro atoms. The SMILES string of the molecule is COc1cc([C@@H]2CNCCN2)c(Br)c(Br)c1O.Cl. The van der Waals surface area contributed by atoms with Crippen molar-refractivity contribution >= 4 is 44.3 Å². The van der Waals surface area contributed by atoms with Crippen molar-refractivity contribution in [1.29, 1.82) is 0 Å². The van der Waals surface area contributed by atoms with E-state index < -0.39 is 0 Å². The van der Waals surface area contributed by atoms with Crippen molar-refractivity contribution in [3.63, 3.8) is 0 Å². The zero-order valence-corrected chi connectivity index (χ0v) is 13.8. The molecule has 0 amide bonds. The highest BCUT2D eigenvalue weighted by Gasteiger charge is 2.22. The second kappa shape index (κ2) is 6.96. The number of phenols is 1. The van der Waals surface area contributed by atoms with Crippen LogP contribution in [-0.2, 0) is 0 Å². The first-order chi connectivity index (χ1) is 8.15. The van der Waals surface area contributed by atoms with Crippen LogP contribution in [0.1, 0.15) is 11.6 Å². The lowest BCUT2D eigenvalue weighted by molar-refractivity contribution is 0.368. The van der Waals surface area contributed by atoms with Crippen molar-refractivity contribution < 1.29 is 9.84 Å². The maximum absolute atomic E-state index is 9.86. The first-order valence-corrected chi connectivity index (χ1v) is 6.92. The van der Waals surface area contributed by atoms with Gasteiger partial charge in [0.05, 0.1) is 11.6 Å². The number of nitrogens with one attached hydrogen (secondary N) is 2. The third-order valence-corrected chi connectivity index (χ3v) is 4.97. The van der Waals surface area contributed by atoms with Gasteiger partial charge in [-0.25, -0.2) is 0 Å². The maximum atomic E-state index is 9.86. The molecule has 0 aliphatic carbocycles. The van der Waals surface area contributed by atoms with Gasteiger partial charge >= 0.3 is 0 Å². The Balaban J connectivity index is 0.00000162. The largest absolute Gasteiger partial charge is 0.503 e. The Morgan fingerprint density at radius 2 is 2.06 bits per heavy atom. The molecule has 0 radical (unpaired) electrons. The molecule has 3 N–H and O–H groups in total. The van der Waals surface area contributed by atoms with Gasteiger partial charge in [0.15, 0.2) is 11.5 Å². The molecule has 0 unspecified atom stereocenters. The lowest BCUT2D eigenvalue weighted by Gasteiger charge is -2.26. The number of piperazine rings is 1. The van der Waals surface area contributed by atoms with Gasteiger partial charge in [-0.05, 0) is 43.5 Å². The quantitative estimate of drug-likeness (QED) is 0.712. The van der Waals surface area contributed by atoms with E-state index in [4.69, 9.17) is 4.74 Å². The number of hydrogen-bond donors (Lipinski definition) is 3. The molecule has 1 aromatic rings. The van der Waals surface area contributed by atoms with Gasteiger partial charge in [0.25, 0.3) is 0 Å². The number of phenolic OH excluding ortho intramolecular Hbond substituents is 1. The lowest BCUT2D eigenvalue weighted by atomic mass is 10.0. The highest BCUT2D eigenvalue weighted by molar-refractivity contribution is 9.13. The Morgan fingerprint density at radius 3 is 2.61 bits per heavy atom. The molecule has 18 heavy (non-hydrogen) atoms. The molecule has 2 rings (SSSR count). The average Bonchev–Trinajstić information content (AvgIpc) is 2.37. The first kappa shape index (κ1) is 16.0. The van der Waals surface area contributed by atoms with E-state index >= 15 is 0 Å². The smallest absolute Gasteiger partial charge is 0.173 e. The van der Waals surface area contributed by atoms with Crippen molar-refractivity contribution in [2.24, 2.45) is 0 Å². The van der Waals surface area contributed by atoms with E-state index in [1.807, 2.05) is 6.07 Å². The molecule has 0 bridgehead atoms. The second-order valence-corrected chi connectivity index (χ2v) is 5.44. The highest BCUT2D eigenvalue weighted by atomic mass is 79.9. The summed E-state index contributed by atoms with van der Waals surface area (Å²) in [4.78, 5) is 0. The summed E-state index contributed by atoms with van der Waals surface area (Å²) in [5.74, 6) is 0.592. The van der Waals surface area contributed by atoms with E-state index in [0.29, 0.717) is 10.2 Å². The molecule has 1 aliphatic heterocycles. The summed E-state index contributed by atoms with van der Waals surface area (Å²) in [6.07, 6.45) is 0. The zero-order chi connectivity index (χ0) is 12.4. The molecule has 1 atom stereocenters. The topological polar surface area (TPSA) is 53.5 Å². The Bertz CT molecular complexity index is 426. The Kier molecular flexibility index (Phi) is 6.20. The fraction of sp³-hybridized carbons (Fsp3) is 0.455. The second-order valence-electron chi connectivity index (χ2n) is 3.86. The van der Waals surface area contributed by atoms with Crippen LogP contribution in [0.4, 0.5) is 0 Å². The molecular formula is C11H15Br2ClN2O2. The summed E-state index contributed by atoms with van der Waals surface area (Å²) in [6, 6.07) is 2.07. The predicted octanol–water partition coefficient (Wildman–Crippen LogP) is 2.58. The lowest BCUT2D eigenvalue weighted by Crippen LogP contribution is -2.42. The van der Waals surface area contributed by atoms with Gasteiger partial charge in [0, 0.05) is 30.1 Å². The fourth-order valence-corrected chi connectivity index (χ4v) is 2.90. The Labute approximate surface area is 129 Å². The number of rotatable bonds is 2. The molecule has 1 aromatic carbocycles. The Hall–Kier alpha value is -0.0100. The average molecular weight is 403 g/mol. The molecule has 1 fully saturated rings. The molecule has 4 nitrogen and oxygen atoms in total. The molecule has 0 saturated carbocycles. The van der Waals surface area contributed by atoms with Gasteiger partial charge in [-0.3, -0.25) is 0 Å². The van der Waals surface area contributed by atoms with Gasteiger partial charge in [-0.15, -0.1) is 12.4 Å². The number of methoxy groups -OCH3 is 1. The zero-order valence-electron chi connectivity index (χ0n) is 9.80. The maximum Gasteiger partial charge on any atom is 0.173 e. The summed E-state index contributed by atoms with van der Waals surface area (Å²) < 4.78 is 6.65. The van der Waals surface area contributed by atoms with E-state index in [1.54, 1.807) is 7.11 Å². The number of ether oxygens (including phenoxy) is 1. The fourth-order valence-electron chi connectivity index (χ4n) is 1.89. The van der Waals surface area contributed by atoms with E-state index in [1.165, 1.54) is 0 Å². The molecule has 7 heteroatoms. The molecular weight excluding hydrogens is 387 g/mol. The van der Waals surface area contributed by atoms with Crippen LogP contribution in [0, 0.1) is 0 Å². The summed E-state index contributed by atoms with van der Waals surface area (Å²) in [6.45, 7) is 2.77. The standard InChI is InChI=1S/C11H14Br2N2O2.ClH/c1-17-8-4-6(7-5-14-2-3-15-7)9(12)10(13)11(8)16;/h4,7,14-16H,2-3,5H2,1H3;1H/t7-;/m0./s1. The van der Waals surface area contributed by atoms with Crippen LogP contribution in [0.5, 0.6) is 11.5 Å². The summed E-state index contributed by atoms with van der Waals surface area (Å²) in [5.41, 5.74) is 1.07. The monoisotopic (exact) mass is 400 g/mol.